The Hall–Kier alpha value is -0.650. The molecule has 0 aliphatic carbocycles. The van der Waals surface area contributed by atoms with E-state index in [-0.39, 0.29) is 11.9 Å². The molecule has 5 heteroatoms. The summed E-state index contributed by atoms with van der Waals surface area (Å²) in [6.07, 6.45) is 3.64. The Morgan fingerprint density at radius 2 is 2.21 bits per heavy atom. The second-order valence-corrected chi connectivity index (χ2v) is 5.61. The minimum Gasteiger partial charge on any atom is -0.378 e. The van der Waals surface area contributed by atoms with Gasteiger partial charge in [0.25, 0.3) is 0 Å². The van der Waals surface area contributed by atoms with Crippen molar-refractivity contribution in [2.45, 2.75) is 32.2 Å². The van der Waals surface area contributed by atoms with E-state index < -0.39 is 0 Å². The van der Waals surface area contributed by atoms with E-state index in [2.05, 4.69) is 22.5 Å². The molecule has 2 aliphatic heterocycles. The second kappa shape index (κ2) is 7.82. The molecule has 1 amide bonds. The Labute approximate surface area is 116 Å². The summed E-state index contributed by atoms with van der Waals surface area (Å²) in [5, 5.41) is 6.25. The van der Waals surface area contributed by atoms with Crippen molar-refractivity contribution < 1.29 is 9.53 Å². The summed E-state index contributed by atoms with van der Waals surface area (Å²) >= 11 is 0. The fourth-order valence-electron chi connectivity index (χ4n) is 2.83. The molecule has 1 unspecified atom stereocenters. The zero-order chi connectivity index (χ0) is 13.5. The molecule has 2 N–H and O–H groups in total. The molecule has 110 valence electrons. The van der Waals surface area contributed by atoms with Crippen molar-refractivity contribution in [3.05, 3.63) is 0 Å². The molecule has 0 aromatic rings. The Balaban J connectivity index is 1.61. The van der Waals surface area contributed by atoms with Crippen LogP contribution in [0.5, 0.6) is 0 Å². The molecular weight excluding hydrogens is 242 g/mol. The normalized spacial score (nSPS) is 26.3. The van der Waals surface area contributed by atoms with E-state index in [0.717, 1.165) is 13.1 Å². The van der Waals surface area contributed by atoms with Crippen molar-refractivity contribution in [1.29, 1.82) is 0 Å². The predicted molar refractivity (Wildman–Crippen MR) is 75.1 cm³/mol. The molecule has 2 heterocycles. The molecule has 2 rings (SSSR count). The van der Waals surface area contributed by atoms with Gasteiger partial charge in [0.1, 0.15) is 6.04 Å². The van der Waals surface area contributed by atoms with E-state index in [1.54, 1.807) is 0 Å². The summed E-state index contributed by atoms with van der Waals surface area (Å²) in [7, 11) is 0. The highest BCUT2D eigenvalue weighted by atomic mass is 16.5. The summed E-state index contributed by atoms with van der Waals surface area (Å²) in [6.45, 7) is 8.59. The van der Waals surface area contributed by atoms with Gasteiger partial charge < -0.3 is 20.3 Å². The zero-order valence-corrected chi connectivity index (χ0v) is 12.0. The molecular formula is C14H27N3O2. The smallest absolute Gasteiger partial charge is 0.239 e. The van der Waals surface area contributed by atoms with Gasteiger partial charge >= 0.3 is 0 Å². The van der Waals surface area contributed by atoms with E-state index >= 15 is 0 Å². The van der Waals surface area contributed by atoms with Crippen molar-refractivity contribution in [3.63, 3.8) is 0 Å². The average Bonchev–Trinajstić information content (AvgIpc) is 2.47. The fourth-order valence-corrected chi connectivity index (χ4v) is 2.83. The maximum Gasteiger partial charge on any atom is 0.239 e. The predicted octanol–water partition coefficient (Wildman–Crippen LogP) is 0.213. The van der Waals surface area contributed by atoms with Crippen LogP contribution in [0.3, 0.4) is 0 Å². The minimum atomic E-state index is -0.158. The number of piperidine rings is 1. The summed E-state index contributed by atoms with van der Waals surface area (Å²) in [5.41, 5.74) is 0. The van der Waals surface area contributed by atoms with E-state index in [0.29, 0.717) is 19.1 Å². The number of nitrogens with zero attached hydrogens (tertiary/aromatic N) is 1. The van der Waals surface area contributed by atoms with Gasteiger partial charge in [-0.25, -0.2) is 0 Å². The van der Waals surface area contributed by atoms with Crippen LogP contribution in [-0.4, -0.2) is 62.8 Å². The van der Waals surface area contributed by atoms with Crippen LogP contribution in [0.1, 0.15) is 26.2 Å². The van der Waals surface area contributed by atoms with Crippen LogP contribution >= 0.6 is 0 Å². The zero-order valence-electron chi connectivity index (χ0n) is 12.0. The number of carbonyl (C=O) groups excluding carboxylic acids is 1. The number of hydrogen-bond donors (Lipinski definition) is 2. The van der Waals surface area contributed by atoms with Crippen LogP contribution in [0, 0.1) is 5.92 Å². The molecule has 2 aliphatic rings. The molecule has 19 heavy (non-hydrogen) atoms. The lowest BCUT2D eigenvalue weighted by atomic mass is 9.96. The number of ether oxygens (including phenoxy) is 1. The summed E-state index contributed by atoms with van der Waals surface area (Å²) < 4.78 is 5.31. The number of hydrogen-bond acceptors (Lipinski definition) is 4. The van der Waals surface area contributed by atoms with Gasteiger partial charge in [0.15, 0.2) is 0 Å². The van der Waals surface area contributed by atoms with Gasteiger partial charge in [0, 0.05) is 13.1 Å². The van der Waals surface area contributed by atoms with Gasteiger partial charge in [-0.05, 0) is 44.8 Å². The van der Waals surface area contributed by atoms with Crippen molar-refractivity contribution in [1.82, 2.24) is 15.5 Å². The molecule has 0 aromatic carbocycles. The molecule has 0 saturated carbocycles. The van der Waals surface area contributed by atoms with Crippen LogP contribution < -0.4 is 10.6 Å². The number of amides is 1. The summed E-state index contributed by atoms with van der Waals surface area (Å²) in [4.78, 5) is 14.5. The van der Waals surface area contributed by atoms with Crippen LogP contribution in [0.2, 0.25) is 0 Å². The van der Waals surface area contributed by atoms with Crippen LogP contribution in [0.25, 0.3) is 0 Å². The van der Waals surface area contributed by atoms with E-state index in [1.165, 1.54) is 38.9 Å². The molecule has 5 nitrogen and oxygen atoms in total. The van der Waals surface area contributed by atoms with Gasteiger partial charge in [-0.3, -0.25) is 4.79 Å². The van der Waals surface area contributed by atoms with E-state index in [4.69, 9.17) is 4.74 Å². The molecule has 0 spiro atoms. The molecule has 0 aromatic heterocycles. The molecule has 2 saturated heterocycles. The van der Waals surface area contributed by atoms with Gasteiger partial charge in [-0.2, -0.15) is 0 Å². The van der Waals surface area contributed by atoms with Crippen LogP contribution in [0.15, 0.2) is 0 Å². The first-order valence-electron chi connectivity index (χ1n) is 7.60. The Bertz CT molecular complexity index is 272. The van der Waals surface area contributed by atoms with E-state index in [1.807, 2.05) is 0 Å². The topological polar surface area (TPSA) is 53.6 Å². The van der Waals surface area contributed by atoms with Gasteiger partial charge in [-0.15, -0.1) is 0 Å². The van der Waals surface area contributed by atoms with Crippen molar-refractivity contribution in [3.8, 4) is 0 Å². The number of likely N-dealkylation sites (tertiary alicyclic amines) is 1. The SMILES string of the molecule is CCCN1CCC(CNC(=O)C2COCCN2)CC1. The summed E-state index contributed by atoms with van der Waals surface area (Å²) in [6, 6.07) is -0.158. The van der Waals surface area contributed by atoms with Crippen LogP contribution in [0.4, 0.5) is 0 Å². The van der Waals surface area contributed by atoms with Crippen molar-refractivity contribution >= 4 is 5.91 Å². The Kier molecular flexibility index (Phi) is 6.07. The summed E-state index contributed by atoms with van der Waals surface area (Å²) in [5.74, 6) is 0.734. The first-order valence-corrected chi connectivity index (χ1v) is 7.60. The average molecular weight is 269 g/mol. The first kappa shape index (κ1) is 14.8. The third kappa shape index (κ3) is 4.75. The number of morpholine rings is 1. The van der Waals surface area contributed by atoms with E-state index in [9.17, 15) is 4.79 Å². The van der Waals surface area contributed by atoms with Gasteiger partial charge in [0.05, 0.1) is 13.2 Å². The maximum atomic E-state index is 11.9. The molecule has 0 radical (unpaired) electrons. The van der Waals surface area contributed by atoms with Gasteiger partial charge in [-0.1, -0.05) is 6.92 Å². The second-order valence-electron chi connectivity index (χ2n) is 5.61. The molecule has 1 atom stereocenters. The first-order chi connectivity index (χ1) is 9.29. The highest BCUT2D eigenvalue weighted by molar-refractivity contribution is 5.81. The standard InChI is InChI=1S/C14H27N3O2/c1-2-6-17-7-3-12(4-8-17)10-16-14(18)13-11-19-9-5-15-13/h12-13,15H,2-11H2,1H3,(H,16,18). The quantitative estimate of drug-likeness (QED) is 0.749. The number of rotatable bonds is 5. The minimum absolute atomic E-state index is 0.0932. The monoisotopic (exact) mass is 269 g/mol. The Morgan fingerprint density at radius 1 is 1.42 bits per heavy atom. The van der Waals surface area contributed by atoms with Crippen molar-refractivity contribution in [2.75, 3.05) is 45.9 Å². The largest absolute Gasteiger partial charge is 0.378 e. The lowest BCUT2D eigenvalue weighted by Gasteiger charge is -2.32. The fraction of sp³-hybridized carbons (Fsp3) is 0.929. The maximum absolute atomic E-state index is 11.9. The number of carbonyl (C=O) groups is 1. The molecule has 2 fully saturated rings. The Morgan fingerprint density at radius 3 is 2.84 bits per heavy atom. The highest BCUT2D eigenvalue weighted by Gasteiger charge is 2.23. The van der Waals surface area contributed by atoms with Crippen molar-refractivity contribution in [2.24, 2.45) is 5.92 Å². The van der Waals surface area contributed by atoms with Crippen LogP contribution in [-0.2, 0) is 9.53 Å². The molecule has 0 bridgehead atoms. The number of nitrogens with one attached hydrogen (secondary N) is 2. The third-order valence-electron chi connectivity index (χ3n) is 4.05. The lowest BCUT2D eigenvalue weighted by Crippen LogP contribution is -2.52. The lowest BCUT2D eigenvalue weighted by molar-refractivity contribution is -0.126. The van der Waals surface area contributed by atoms with Gasteiger partial charge in [0.2, 0.25) is 5.91 Å². The third-order valence-corrected chi connectivity index (χ3v) is 4.05. The highest BCUT2D eigenvalue weighted by Crippen LogP contribution is 2.16.